The predicted molar refractivity (Wildman–Crippen MR) is 99.1 cm³/mol. The van der Waals surface area contributed by atoms with Crippen LogP contribution in [-0.2, 0) is 17.8 Å². The molecule has 0 aliphatic heterocycles. The van der Waals surface area contributed by atoms with Crippen LogP contribution in [0.4, 0.5) is 11.8 Å². The summed E-state index contributed by atoms with van der Waals surface area (Å²) in [7, 11) is 1.50. The van der Waals surface area contributed by atoms with Crippen LogP contribution in [0.2, 0.25) is 0 Å². The number of benzene rings is 1. The number of nitrogens with zero attached hydrogens (tertiary/aromatic N) is 2. The standard InChI is InChI=1S/C18H25N5O2/c1-3-4-8-21-17-15(11-22-18(20)23-17)25-12-14-7-5-6-13(9-14)10-16(19)24-2/h5-7,9,11,19H,3-4,8,10,12H2,1-2H3,(H3,20,21,22,23). The molecule has 0 fully saturated rings. The summed E-state index contributed by atoms with van der Waals surface area (Å²) in [6, 6.07) is 7.87. The number of anilines is 2. The van der Waals surface area contributed by atoms with Crippen molar-refractivity contribution in [3.05, 3.63) is 41.6 Å². The highest BCUT2D eigenvalue weighted by Gasteiger charge is 2.08. The van der Waals surface area contributed by atoms with E-state index >= 15 is 0 Å². The first-order chi connectivity index (χ1) is 12.1. The molecule has 25 heavy (non-hydrogen) atoms. The van der Waals surface area contributed by atoms with E-state index < -0.39 is 0 Å². The molecule has 7 nitrogen and oxygen atoms in total. The van der Waals surface area contributed by atoms with Crippen LogP contribution in [-0.4, -0.2) is 29.5 Å². The van der Waals surface area contributed by atoms with E-state index in [1.54, 1.807) is 6.20 Å². The van der Waals surface area contributed by atoms with Crippen LogP contribution in [0, 0.1) is 5.41 Å². The molecule has 0 aliphatic carbocycles. The van der Waals surface area contributed by atoms with E-state index in [-0.39, 0.29) is 11.8 Å². The molecule has 0 saturated carbocycles. The lowest BCUT2D eigenvalue weighted by atomic mass is 10.1. The zero-order valence-corrected chi connectivity index (χ0v) is 14.7. The van der Waals surface area contributed by atoms with E-state index in [9.17, 15) is 0 Å². The van der Waals surface area contributed by atoms with Gasteiger partial charge in [-0.25, -0.2) is 4.98 Å². The SMILES string of the molecule is CCCCNc1nc(N)ncc1OCc1cccc(CC(=N)OC)c1. The van der Waals surface area contributed by atoms with Crippen molar-refractivity contribution in [2.75, 3.05) is 24.7 Å². The molecule has 2 aromatic rings. The monoisotopic (exact) mass is 343 g/mol. The van der Waals surface area contributed by atoms with Gasteiger partial charge in [-0.1, -0.05) is 37.6 Å². The summed E-state index contributed by atoms with van der Waals surface area (Å²) in [6.07, 6.45) is 4.17. The van der Waals surface area contributed by atoms with Gasteiger partial charge >= 0.3 is 0 Å². The van der Waals surface area contributed by atoms with Crippen LogP contribution in [0.15, 0.2) is 30.5 Å². The normalized spacial score (nSPS) is 10.3. The average Bonchev–Trinajstić information content (AvgIpc) is 2.61. The number of ether oxygens (including phenoxy) is 2. The molecule has 0 unspecified atom stereocenters. The van der Waals surface area contributed by atoms with Gasteiger partial charge in [0.25, 0.3) is 0 Å². The summed E-state index contributed by atoms with van der Waals surface area (Å²) < 4.78 is 10.8. The molecule has 0 amide bonds. The molecule has 1 heterocycles. The Morgan fingerprint density at radius 1 is 1.32 bits per heavy atom. The maximum Gasteiger partial charge on any atom is 0.222 e. The van der Waals surface area contributed by atoms with Gasteiger partial charge < -0.3 is 20.5 Å². The summed E-state index contributed by atoms with van der Waals surface area (Å²) >= 11 is 0. The van der Waals surface area contributed by atoms with Gasteiger partial charge in [-0.05, 0) is 17.5 Å². The van der Waals surface area contributed by atoms with Crippen molar-refractivity contribution in [3.63, 3.8) is 0 Å². The molecule has 0 radical (unpaired) electrons. The van der Waals surface area contributed by atoms with Gasteiger partial charge in [0.2, 0.25) is 5.95 Å². The highest BCUT2D eigenvalue weighted by atomic mass is 16.5. The molecule has 7 heteroatoms. The molecule has 4 N–H and O–H groups in total. The maximum absolute atomic E-state index is 7.62. The number of hydrogen-bond donors (Lipinski definition) is 3. The topological polar surface area (TPSA) is 106 Å². The second kappa shape index (κ2) is 9.46. The van der Waals surface area contributed by atoms with Gasteiger partial charge in [0.15, 0.2) is 17.5 Å². The highest BCUT2D eigenvalue weighted by molar-refractivity contribution is 5.75. The lowest BCUT2D eigenvalue weighted by Gasteiger charge is -2.13. The van der Waals surface area contributed by atoms with Gasteiger partial charge in [0.05, 0.1) is 13.3 Å². The van der Waals surface area contributed by atoms with Gasteiger partial charge in [-0.15, -0.1) is 0 Å². The molecule has 0 atom stereocenters. The minimum Gasteiger partial charge on any atom is -0.484 e. The largest absolute Gasteiger partial charge is 0.484 e. The van der Waals surface area contributed by atoms with Crippen LogP contribution in [0.25, 0.3) is 0 Å². The lowest BCUT2D eigenvalue weighted by molar-refractivity contribution is 0.305. The van der Waals surface area contributed by atoms with E-state index in [1.165, 1.54) is 7.11 Å². The van der Waals surface area contributed by atoms with Crippen molar-refractivity contribution in [2.24, 2.45) is 0 Å². The van der Waals surface area contributed by atoms with Crippen molar-refractivity contribution in [2.45, 2.75) is 32.8 Å². The Kier molecular flexibility index (Phi) is 7.00. The zero-order valence-electron chi connectivity index (χ0n) is 14.7. The van der Waals surface area contributed by atoms with E-state index in [4.69, 9.17) is 20.6 Å². The third-order valence-electron chi connectivity index (χ3n) is 3.59. The molecule has 0 saturated heterocycles. The fourth-order valence-electron chi connectivity index (χ4n) is 2.25. The smallest absolute Gasteiger partial charge is 0.222 e. The molecule has 1 aromatic heterocycles. The second-order valence-electron chi connectivity index (χ2n) is 5.63. The van der Waals surface area contributed by atoms with Crippen LogP contribution in [0.3, 0.4) is 0 Å². The van der Waals surface area contributed by atoms with Gasteiger partial charge in [0, 0.05) is 13.0 Å². The van der Waals surface area contributed by atoms with Crippen LogP contribution >= 0.6 is 0 Å². The van der Waals surface area contributed by atoms with Crippen molar-refractivity contribution in [3.8, 4) is 5.75 Å². The Hall–Kier alpha value is -2.83. The molecule has 0 spiro atoms. The van der Waals surface area contributed by atoms with E-state index in [1.807, 2.05) is 24.3 Å². The van der Waals surface area contributed by atoms with E-state index in [2.05, 4.69) is 22.2 Å². The average molecular weight is 343 g/mol. The number of rotatable bonds is 9. The first-order valence-electron chi connectivity index (χ1n) is 8.30. The Morgan fingerprint density at radius 3 is 2.88 bits per heavy atom. The quantitative estimate of drug-likeness (QED) is 0.367. The van der Waals surface area contributed by atoms with Gasteiger partial charge in [-0.2, -0.15) is 4.98 Å². The summed E-state index contributed by atoms with van der Waals surface area (Å²) in [5.74, 6) is 1.62. The minimum atomic E-state index is 0.214. The van der Waals surface area contributed by atoms with Gasteiger partial charge in [-0.3, -0.25) is 5.41 Å². The second-order valence-corrected chi connectivity index (χ2v) is 5.63. The molecule has 0 bridgehead atoms. The van der Waals surface area contributed by atoms with E-state index in [0.29, 0.717) is 24.6 Å². The molecule has 0 aliphatic rings. The zero-order chi connectivity index (χ0) is 18.1. The number of nitrogen functional groups attached to an aromatic ring is 1. The van der Waals surface area contributed by atoms with Crippen molar-refractivity contribution in [1.82, 2.24) is 9.97 Å². The fourth-order valence-corrected chi connectivity index (χ4v) is 2.25. The molecular formula is C18H25N5O2. The molecule has 2 rings (SSSR count). The summed E-state index contributed by atoms with van der Waals surface area (Å²) in [6.45, 7) is 3.31. The summed E-state index contributed by atoms with van der Waals surface area (Å²) in [5, 5.41) is 10.9. The molecule has 1 aromatic carbocycles. The lowest BCUT2D eigenvalue weighted by Crippen LogP contribution is -2.09. The summed E-state index contributed by atoms with van der Waals surface area (Å²) in [4.78, 5) is 8.22. The maximum atomic E-state index is 7.62. The molecule has 134 valence electrons. The van der Waals surface area contributed by atoms with Crippen molar-refractivity contribution in [1.29, 1.82) is 5.41 Å². The Morgan fingerprint density at radius 2 is 2.12 bits per heavy atom. The predicted octanol–water partition coefficient (Wildman–Crippen LogP) is 3.02. The number of nitrogens with one attached hydrogen (secondary N) is 2. The Labute approximate surface area is 148 Å². The Bertz CT molecular complexity index is 706. The Balaban J connectivity index is 2.03. The first-order valence-corrected chi connectivity index (χ1v) is 8.30. The van der Waals surface area contributed by atoms with E-state index in [0.717, 1.165) is 30.5 Å². The first kappa shape index (κ1) is 18.5. The van der Waals surface area contributed by atoms with Crippen LogP contribution in [0.1, 0.15) is 30.9 Å². The summed E-state index contributed by atoms with van der Waals surface area (Å²) in [5.41, 5.74) is 7.67. The highest BCUT2D eigenvalue weighted by Crippen LogP contribution is 2.23. The number of hydrogen-bond acceptors (Lipinski definition) is 7. The third kappa shape index (κ3) is 5.95. The van der Waals surface area contributed by atoms with Crippen molar-refractivity contribution >= 4 is 17.7 Å². The minimum absolute atomic E-state index is 0.214. The van der Waals surface area contributed by atoms with Crippen LogP contribution in [0.5, 0.6) is 5.75 Å². The van der Waals surface area contributed by atoms with Crippen LogP contribution < -0.4 is 15.8 Å². The van der Waals surface area contributed by atoms with Gasteiger partial charge in [0.1, 0.15) is 6.61 Å². The number of methoxy groups -OCH3 is 1. The number of aromatic nitrogens is 2. The number of nitrogens with two attached hydrogens (primary N) is 1. The molecular weight excluding hydrogens is 318 g/mol. The third-order valence-corrected chi connectivity index (χ3v) is 3.59. The van der Waals surface area contributed by atoms with Crippen molar-refractivity contribution < 1.29 is 9.47 Å². The number of unbranched alkanes of at least 4 members (excludes halogenated alkanes) is 1. The fraction of sp³-hybridized carbons (Fsp3) is 0.389.